The Balaban J connectivity index is 2.90. The highest BCUT2D eigenvalue weighted by molar-refractivity contribution is 6.34. The largest absolute Gasteiger partial charge is 0.475 e. The zero-order chi connectivity index (χ0) is 10.7. The molecule has 0 aliphatic rings. The van der Waals surface area contributed by atoms with E-state index in [0.29, 0.717) is 12.2 Å². The number of hydrogen-bond donors (Lipinski definition) is 1. The first-order chi connectivity index (χ1) is 6.56. The number of carboxylic acid groups (broad SMARTS) is 1. The first kappa shape index (κ1) is 10.7. The molecule has 0 radical (unpaired) electrons. The lowest BCUT2D eigenvalue weighted by Crippen LogP contribution is -2.17. The topological polar surface area (TPSA) is 72.2 Å². The molecule has 0 saturated carbocycles. The van der Waals surface area contributed by atoms with E-state index in [0.717, 1.165) is 0 Å². The van der Waals surface area contributed by atoms with Gasteiger partial charge in [-0.15, -0.1) is 0 Å². The summed E-state index contributed by atoms with van der Waals surface area (Å²) < 4.78 is 1.64. The van der Waals surface area contributed by atoms with Gasteiger partial charge in [0.1, 0.15) is 0 Å². The molecule has 6 heteroatoms. The summed E-state index contributed by atoms with van der Waals surface area (Å²) in [6.45, 7) is 2.45. The third-order valence-corrected chi connectivity index (χ3v) is 2.12. The fourth-order valence-corrected chi connectivity index (χ4v) is 1.28. The van der Waals surface area contributed by atoms with E-state index in [9.17, 15) is 9.59 Å². The van der Waals surface area contributed by atoms with Gasteiger partial charge in [0, 0.05) is 6.54 Å². The lowest BCUT2D eigenvalue weighted by molar-refractivity contribution is -0.148. The summed E-state index contributed by atoms with van der Waals surface area (Å²) in [5, 5.41) is 8.59. The second-order valence-corrected chi connectivity index (χ2v) is 3.03. The highest BCUT2D eigenvalue weighted by Crippen LogP contribution is 2.14. The number of aryl methyl sites for hydroxylation is 1. The van der Waals surface area contributed by atoms with Gasteiger partial charge < -0.3 is 9.67 Å². The van der Waals surface area contributed by atoms with Gasteiger partial charge in [-0.25, -0.2) is 9.78 Å². The molecule has 76 valence electrons. The van der Waals surface area contributed by atoms with E-state index in [2.05, 4.69) is 4.98 Å². The molecule has 0 aliphatic heterocycles. The number of halogens is 1. The number of imidazole rings is 1. The molecule has 1 aromatic heterocycles. The summed E-state index contributed by atoms with van der Waals surface area (Å²) in [6, 6.07) is 0. The van der Waals surface area contributed by atoms with Crippen molar-refractivity contribution in [2.75, 3.05) is 0 Å². The first-order valence-electron chi connectivity index (χ1n) is 4.01. The van der Waals surface area contributed by atoms with E-state index in [1.165, 1.54) is 6.33 Å². The molecule has 0 bridgehead atoms. The number of aromatic nitrogens is 2. The van der Waals surface area contributed by atoms with Gasteiger partial charge in [0.2, 0.25) is 5.78 Å². The monoisotopic (exact) mass is 216 g/mol. The van der Waals surface area contributed by atoms with Gasteiger partial charge in [-0.2, -0.15) is 0 Å². The molecule has 0 aromatic carbocycles. The van der Waals surface area contributed by atoms with Gasteiger partial charge in [0.15, 0.2) is 5.15 Å². The zero-order valence-electron chi connectivity index (χ0n) is 7.53. The molecule has 0 unspecified atom stereocenters. The maximum absolute atomic E-state index is 10.9. The van der Waals surface area contributed by atoms with Crippen molar-refractivity contribution in [2.24, 2.45) is 0 Å². The molecule has 14 heavy (non-hydrogen) atoms. The van der Waals surface area contributed by atoms with E-state index >= 15 is 0 Å². The van der Waals surface area contributed by atoms with Crippen molar-refractivity contribution in [1.82, 2.24) is 9.55 Å². The zero-order valence-corrected chi connectivity index (χ0v) is 8.28. The van der Waals surface area contributed by atoms with Crippen LogP contribution in [-0.2, 0) is 22.6 Å². The Morgan fingerprint density at radius 1 is 1.64 bits per heavy atom. The Hall–Kier alpha value is -1.36. The summed E-state index contributed by atoms with van der Waals surface area (Å²) >= 11 is 5.70. The van der Waals surface area contributed by atoms with Gasteiger partial charge in [-0.3, -0.25) is 4.79 Å². The molecular weight excluding hydrogens is 208 g/mol. The highest BCUT2D eigenvalue weighted by atomic mass is 35.5. The molecular formula is C8H9ClN2O3. The second kappa shape index (κ2) is 4.23. The van der Waals surface area contributed by atoms with Crippen molar-refractivity contribution in [2.45, 2.75) is 19.9 Å². The molecule has 1 heterocycles. The number of ketones is 1. The Kier molecular flexibility index (Phi) is 3.24. The third-order valence-electron chi connectivity index (χ3n) is 1.80. The molecule has 5 nitrogen and oxygen atoms in total. The number of Topliss-reactive ketones (excluding diaryl/α,β-unsaturated/α-hetero) is 1. The molecule has 0 fully saturated rings. The highest BCUT2D eigenvalue weighted by Gasteiger charge is 2.17. The van der Waals surface area contributed by atoms with Gasteiger partial charge in [-0.05, 0) is 6.92 Å². The van der Waals surface area contributed by atoms with Crippen LogP contribution in [-0.4, -0.2) is 26.4 Å². The van der Waals surface area contributed by atoms with Gasteiger partial charge in [0.25, 0.3) is 0 Å². The minimum atomic E-state index is -1.45. The fraction of sp³-hybridized carbons (Fsp3) is 0.375. The summed E-state index contributed by atoms with van der Waals surface area (Å²) in [7, 11) is 0. The van der Waals surface area contributed by atoms with Gasteiger partial charge >= 0.3 is 5.97 Å². The third kappa shape index (κ3) is 2.11. The van der Waals surface area contributed by atoms with E-state index < -0.39 is 11.8 Å². The standard InChI is InChI=1S/C8H9ClN2O3/c1-2-11-4-10-7(9)5(11)3-6(12)8(13)14/h4H,2-3H2,1H3,(H,13,14). The van der Waals surface area contributed by atoms with Gasteiger partial charge in [-0.1, -0.05) is 11.6 Å². The molecule has 1 N–H and O–H groups in total. The predicted octanol–water partition coefficient (Wildman–Crippen LogP) is 0.753. The number of rotatable bonds is 4. The van der Waals surface area contributed by atoms with Crippen LogP contribution < -0.4 is 0 Å². The van der Waals surface area contributed by atoms with Crippen molar-refractivity contribution >= 4 is 23.4 Å². The number of carboxylic acids is 1. The number of nitrogens with zero attached hydrogens (tertiary/aromatic N) is 2. The number of aliphatic carboxylic acids is 1. The predicted molar refractivity (Wildman–Crippen MR) is 49.3 cm³/mol. The Labute approximate surface area is 85.3 Å². The van der Waals surface area contributed by atoms with Crippen molar-refractivity contribution < 1.29 is 14.7 Å². The number of hydrogen-bond acceptors (Lipinski definition) is 3. The molecule has 0 atom stereocenters. The number of carbonyl (C=O) groups excluding carboxylic acids is 1. The minimum absolute atomic E-state index is 0.182. The number of carbonyl (C=O) groups is 2. The Morgan fingerprint density at radius 2 is 2.29 bits per heavy atom. The SMILES string of the molecule is CCn1cnc(Cl)c1CC(=O)C(=O)O. The van der Waals surface area contributed by atoms with Crippen LogP contribution in [0.3, 0.4) is 0 Å². The van der Waals surface area contributed by atoms with Crippen molar-refractivity contribution in [3.8, 4) is 0 Å². The molecule has 0 spiro atoms. The van der Waals surface area contributed by atoms with Gasteiger partial charge in [0.05, 0.1) is 18.4 Å². The van der Waals surface area contributed by atoms with Crippen LogP contribution in [0.2, 0.25) is 5.15 Å². The van der Waals surface area contributed by atoms with E-state index in [-0.39, 0.29) is 11.6 Å². The summed E-state index contributed by atoms with van der Waals surface area (Å²) in [4.78, 5) is 25.0. The van der Waals surface area contributed by atoms with Crippen LogP contribution in [0.15, 0.2) is 6.33 Å². The van der Waals surface area contributed by atoms with E-state index in [1.807, 2.05) is 6.92 Å². The summed E-state index contributed by atoms with van der Waals surface area (Å²) in [6.07, 6.45) is 1.26. The van der Waals surface area contributed by atoms with Crippen molar-refractivity contribution in [1.29, 1.82) is 0 Å². The normalized spacial score (nSPS) is 10.1. The van der Waals surface area contributed by atoms with Crippen LogP contribution in [0.1, 0.15) is 12.6 Å². The van der Waals surface area contributed by atoms with Crippen molar-refractivity contribution in [3.05, 3.63) is 17.2 Å². The minimum Gasteiger partial charge on any atom is -0.475 e. The average molecular weight is 217 g/mol. The molecule has 0 saturated heterocycles. The fourth-order valence-electron chi connectivity index (χ4n) is 1.06. The molecule has 1 aromatic rings. The van der Waals surface area contributed by atoms with E-state index in [4.69, 9.17) is 16.7 Å². The maximum atomic E-state index is 10.9. The maximum Gasteiger partial charge on any atom is 0.372 e. The average Bonchev–Trinajstić information content (AvgIpc) is 2.47. The second-order valence-electron chi connectivity index (χ2n) is 2.67. The summed E-state index contributed by atoms with van der Waals surface area (Å²) in [5.74, 6) is -2.34. The van der Waals surface area contributed by atoms with Crippen molar-refractivity contribution in [3.63, 3.8) is 0 Å². The van der Waals surface area contributed by atoms with Crippen LogP contribution in [0.25, 0.3) is 0 Å². The van der Waals surface area contributed by atoms with Crippen LogP contribution in [0.5, 0.6) is 0 Å². The molecule has 0 amide bonds. The smallest absolute Gasteiger partial charge is 0.372 e. The lowest BCUT2D eigenvalue weighted by Gasteiger charge is -2.02. The first-order valence-corrected chi connectivity index (χ1v) is 4.39. The molecule has 0 aliphatic carbocycles. The van der Waals surface area contributed by atoms with Crippen LogP contribution in [0.4, 0.5) is 0 Å². The van der Waals surface area contributed by atoms with Crippen LogP contribution in [0, 0.1) is 0 Å². The Bertz CT molecular complexity index is 373. The quantitative estimate of drug-likeness (QED) is 0.754. The lowest BCUT2D eigenvalue weighted by atomic mass is 10.2. The summed E-state index contributed by atoms with van der Waals surface area (Å²) in [5.41, 5.74) is 0.446. The Morgan fingerprint density at radius 3 is 2.79 bits per heavy atom. The van der Waals surface area contributed by atoms with Crippen LogP contribution >= 0.6 is 11.6 Å². The molecule has 1 rings (SSSR count). The van der Waals surface area contributed by atoms with E-state index in [1.54, 1.807) is 4.57 Å².